The van der Waals surface area contributed by atoms with Crippen molar-refractivity contribution >= 4 is 22.6 Å². The molecule has 0 spiro atoms. The molecule has 8 heteroatoms. The Bertz CT molecular complexity index is 416. The van der Waals surface area contributed by atoms with Gasteiger partial charge in [-0.25, -0.2) is 0 Å². The van der Waals surface area contributed by atoms with Gasteiger partial charge in [0.1, 0.15) is 5.60 Å². The van der Waals surface area contributed by atoms with E-state index in [4.69, 9.17) is 0 Å². The Labute approximate surface area is 125 Å². The molecule has 0 fully saturated rings. The van der Waals surface area contributed by atoms with Crippen LogP contribution in [0.15, 0.2) is 30.3 Å². The lowest BCUT2D eigenvalue weighted by atomic mass is 9.98. The SMILES string of the molecule is CC(CI)(OC(C(F)(F)F)C(F)(F)F)c1ccccc1. The molecule has 0 N–H and O–H groups in total. The van der Waals surface area contributed by atoms with Crippen molar-refractivity contribution in [3.63, 3.8) is 0 Å². The maximum Gasteiger partial charge on any atom is 0.423 e. The summed E-state index contributed by atoms with van der Waals surface area (Å²) in [5.74, 6) is 0. The van der Waals surface area contributed by atoms with E-state index in [0.717, 1.165) is 0 Å². The van der Waals surface area contributed by atoms with Crippen LogP contribution in [0.5, 0.6) is 0 Å². The first kappa shape index (κ1) is 17.5. The first-order valence-corrected chi connectivity index (χ1v) is 6.96. The summed E-state index contributed by atoms with van der Waals surface area (Å²) in [5.41, 5.74) is -1.43. The zero-order valence-electron chi connectivity index (χ0n) is 10.2. The largest absolute Gasteiger partial charge is 0.423 e. The van der Waals surface area contributed by atoms with Gasteiger partial charge in [-0.05, 0) is 12.5 Å². The van der Waals surface area contributed by atoms with Crippen molar-refractivity contribution in [1.82, 2.24) is 0 Å². The van der Waals surface area contributed by atoms with Crippen LogP contribution in [0.4, 0.5) is 26.3 Å². The van der Waals surface area contributed by atoms with Crippen LogP contribution in [0.3, 0.4) is 0 Å². The number of benzene rings is 1. The average molecular weight is 412 g/mol. The lowest BCUT2D eigenvalue weighted by Crippen LogP contribution is -2.49. The van der Waals surface area contributed by atoms with Gasteiger partial charge in [0.15, 0.2) is 0 Å². The number of halogens is 7. The van der Waals surface area contributed by atoms with Crippen LogP contribution in [-0.4, -0.2) is 22.9 Å². The third-order valence-electron chi connectivity index (χ3n) is 2.61. The molecule has 0 heterocycles. The Kier molecular flexibility index (Phi) is 5.34. The van der Waals surface area contributed by atoms with Crippen LogP contribution < -0.4 is 0 Å². The molecule has 0 bridgehead atoms. The summed E-state index contributed by atoms with van der Waals surface area (Å²) in [6.07, 6.45) is -14.8. The quantitative estimate of drug-likeness (QED) is 0.391. The van der Waals surface area contributed by atoms with Crippen molar-refractivity contribution in [1.29, 1.82) is 0 Å². The van der Waals surface area contributed by atoms with Crippen molar-refractivity contribution in [2.75, 3.05) is 4.43 Å². The second-order valence-corrected chi connectivity index (χ2v) is 5.07. The normalized spacial score (nSPS) is 16.2. The molecule has 1 rings (SSSR count). The van der Waals surface area contributed by atoms with Crippen molar-refractivity contribution in [3.05, 3.63) is 35.9 Å². The molecule has 0 saturated heterocycles. The molecule has 0 saturated carbocycles. The van der Waals surface area contributed by atoms with Gasteiger partial charge in [-0.2, -0.15) is 26.3 Å². The fourth-order valence-electron chi connectivity index (χ4n) is 1.55. The maximum atomic E-state index is 12.6. The molecule has 114 valence electrons. The summed E-state index contributed by atoms with van der Waals surface area (Å²) in [7, 11) is 0. The van der Waals surface area contributed by atoms with Crippen LogP contribution in [0.25, 0.3) is 0 Å². The summed E-state index contributed by atoms with van der Waals surface area (Å²) in [6.45, 7) is 1.21. The number of ether oxygens (including phenoxy) is 1. The van der Waals surface area contributed by atoms with Crippen LogP contribution in [0.1, 0.15) is 12.5 Å². The molecule has 1 atom stereocenters. The van der Waals surface area contributed by atoms with Gasteiger partial charge < -0.3 is 4.74 Å². The van der Waals surface area contributed by atoms with E-state index >= 15 is 0 Å². The molecule has 1 aromatic rings. The molecule has 0 aliphatic carbocycles. The monoisotopic (exact) mass is 412 g/mol. The fourth-order valence-corrected chi connectivity index (χ4v) is 2.17. The number of rotatable bonds is 4. The minimum Gasteiger partial charge on any atom is -0.349 e. The highest BCUT2D eigenvalue weighted by atomic mass is 127. The van der Waals surface area contributed by atoms with Crippen LogP contribution in [0.2, 0.25) is 0 Å². The highest BCUT2D eigenvalue weighted by molar-refractivity contribution is 14.1. The third kappa shape index (κ3) is 4.24. The average Bonchev–Trinajstić information content (AvgIpc) is 2.34. The second kappa shape index (κ2) is 6.08. The summed E-state index contributed by atoms with van der Waals surface area (Å²) < 4.78 is 79.7. The Morgan fingerprint density at radius 1 is 1.00 bits per heavy atom. The molecule has 1 aromatic carbocycles. The lowest BCUT2D eigenvalue weighted by Gasteiger charge is -2.34. The fraction of sp³-hybridized carbons (Fsp3) is 0.500. The molecule has 20 heavy (non-hydrogen) atoms. The minimum absolute atomic E-state index is 0.0581. The van der Waals surface area contributed by atoms with Crippen molar-refractivity contribution < 1.29 is 31.1 Å². The Morgan fingerprint density at radius 2 is 1.45 bits per heavy atom. The maximum absolute atomic E-state index is 12.6. The first-order valence-electron chi connectivity index (χ1n) is 5.43. The van der Waals surface area contributed by atoms with Crippen LogP contribution in [-0.2, 0) is 10.3 Å². The molecular weight excluding hydrogens is 401 g/mol. The van der Waals surface area contributed by atoms with Gasteiger partial charge in [0.25, 0.3) is 0 Å². The smallest absolute Gasteiger partial charge is 0.349 e. The van der Waals surface area contributed by atoms with Gasteiger partial charge in [0, 0.05) is 4.43 Å². The van der Waals surface area contributed by atoms with Gasteiger partial charge in [-0.15, -0.1) is 0 Å². The molecule has 1 nitrogen and oxygen atoms in total. The van der Waals surface area contributed by atoms with Crippen molar-refractivity contribution in [2.45, 2.75) is 31.0 Å². The summed E-state index contributed by atoms with van der Waals surface area (Å²) in [4.78, 5) is 0. The zero-order valence-corrected chi connectivity index (χ0v) is 12.4. The van der Waals surface area contributed by atoms with Gasteiger partial charge in [-0.3, -0.25) is 0 Å². The summed E-state index contributed by atoms with van der Waals surface area (Å²) in [6, 6.07) is 7.53. The highest BCUT2D eigenvalue weighted by Crippen LogP contribution is 2.41. The highest BCUT2D eigenvalue weighted by Gasteiger charge is 2.60. The Balaban J connectivity index is 3.13. The predicted molar refractivity (Wildman–Crippen MR) is 69.7 cm³/mol. The molecule has 0 amide bonds. The molecule has 0 aliphatic heterocycles. The summed E-state index contributed by atoms with van der Waals surface area (Å²) >= 11 is 1.70. The van der Waals surface area contributed by atoms with E-state index < -0.39 is 24.1 Å². The van der Waals surface area contributed by atoms with Gasteiger partial charge in [-0.1, -0.05) is 52.9 Å². The molecule has 0 aromatic heterocycles. The Hall–Kier alpha value is -0.510. The van der Waals surface area contributed by atoms with E-state index in [0.29, 0.717) is 0 Å². The third-order valence-corrected chi connectivity index (χ3v) is 4.07. The Morgan fingerprint density at radius 3 is 1.80 bits per heavy atom. The molecule has 0 aliphatic rings. The number of alkyl halides is 7. The van der Waals surface area contributed by atoms with Gasteiger partial charge in [0.2, 0.25) is 6.10 Å². The van der Waals surface area contributed by atoms with E-state index in [9.17, 15) is 26.3 Å². The zero-order chi connectivity index (χ0) is 15.6. The van der Waals surface area contributed by atoms with E-state index in [2.05, 4.69) is 4.74 Å². The van der Waals surface area contributed by atoms with Crippen molar-refractivity contribution in [2.24, 2.45) is 0 Å². The first-order chi connectivity index (χ1) is 9.00. The van der Waals surface area contributed by atoms with Gasteiger partial charge in [0.05, 0.1) is 0 Å². The van der Waals surface area contributed by atoms with Crippen LogP contribution in [0, 0.1) is 0 Å². The van der Waals surface area contributed by atoms with E-state index in [1.54, 1.807) is 28.7 Å². The molecule has 0 radical (unpaired) electrons. The van der Waals surface area contributed by atoms with E-state index in [1.807, 2.05) is 0 Å². The van der Waals surface area contributed by atoms with E-state index in [-0.39, 0.29) is 9.99 Å². The van der Waals surface area contributed by atoms with Crippen molar-refractivity contribution in [3.8, 4) is 0 Å². The van der Waals surface area contributed by atoms with Gasteiger partial charge >= 0.3 is 12.4 Å². The number of hydrogen-bond donors (Lipinski definition) is 0. The van der Waals surface area contributed by atoms with E-state index in [1.165, 1.54) is 31.2 Å². The van der Waals surface area contributed by atoms with Crippen LogP contribution >= 0.6 is 22.6 Å². The lowest BCUT2D eigenvalue weighted by molar-refractivity contribution is -0.342. The summed E-state index contributed by atoms with van der Waals surface area (Å²) in [5, 5.41) is 0. The topological polar surface area (TPSA) is 9.23 Å². The minimum atomic E-state index is -5.51. The predicted octanol–water partition coefficient (Wildman–Crippen LogP) is 4.85. The molecular formula is C12H11F6IO. The second-order valence-electron chi connectivity index (χ2n) is 4.31. The molecule has 1 unspecified atom stereocenters. The standard InChI is InChI=1S/C12H11F6IO/c1-10(7-19,8-5-3-2-4-6-8)20-9(11(13,14)15)12(16,17)18/h2-6,9H,7H2,1H3. The number of hydrogen-bond acceptors (Lipinski definition) is 1.